The van der Waals surface area contributed by atoms with Crippen LogP contribution in [0, 0.1) is 0 Å². The molecule has 0 aromatic heterocycles. The van der Waals surface area contributed by atoms with Gasteiger partial charge in [0.1, 0.15) is 12.2 Å². The number of nitrogens with one attached hydrogen (secondary N) is 1. The summed E-state index contributed by atoms with van der Waals surface area (Å²) in [6.45, 7) is 4.45. The summed E-state index contributed by atoms with van der Waals surface area (Å²) in [7, 11) is -4.67. The molecule has 0 spiro atoms. The van der Waals surface area contributed by atoms with E-state index in [2.05, 4.69) is 5.32 Å². The fraction of sp³-hybridized carbons (Fsp3) is 0.368. The Kier molecular flexibility index (Phi) is 5.28. The van der Waals surface area contributed by atoms with Crippen LogP contribution in [0.2, 0.25) is 0 Å². The molecule has 2 aromatic carbocycles. The van der Waals surface area contributed by atoms with Crippen LogP contribution < -0.4 is 14.8 Å². The molecular weight excluding hydrogens is 376 g/mol. The predicted molar refractivity (Wildman–Crippen MR) is 98.5 cm³/mol. The Morgan fingerprint density at radius 2 is 1.93 bits per heavy atom. The van der Waals surface area contributed by atoms with Crippen molar-refractivity contribution in [3.05, 3.63) is 48.0 Å². The quantitative estimate of drug-likeness (QED) is 0.718. The molecule has 0 atom stereocenters. The topological polar surface area (TPSA) is 64.6 Å². The molecule has 146 valence electrons. The van der Waals surface area contributed by atoms with Gasteiger partial charge in [-0.2, -0.15) is 8.78 Å². The molecule has 1 aliphatic heterocycles. The van der Waals surface area contributed by atoms with Crippen LogP contribution >= 0.6 is 0 Å². The zero-order valence-electron chi connectivity index (χ0n) is 15.0. The van der Waals surface area contributed by atoms with Crippen LogP contribution in [-0.2, 0) is 16.3 Å². The molecular formula is C19H21F2NO4S. The molecule has 0 saturated heterocycles. The van der Waals surface area contributed by atoms with Gasteiger partial charge in [-0.25, -0.2) is 8.42 Å². The van der Waals surface area contributed by atoms with Gasteiger partial charge in [-0.05, 0) is 32.0 Å². The Bertz CT molecular complexity index is 929. The molecule has 0 aliphatic carbocycles. The lowest BCUT2D eigenvalue weighted by atomic mass is 10.0. The van der Waals surface area contributed by atoms with Crippen molar-refractivity contribution in [1.82, 2.24) is 0 Å². The van der Waals surface area contributed by atoms with Gasteiger partial charge in [0.05, 0.1) is 10.6 Å². The van der Waals surface area contributed by atoms with E-state index in [1.807, 2.05) is 26.0 Å². The minimum Gasteiger partial charge on any atom is -0.488 e. The normalized spacial score (nSPS) is 15.3. The van der Waals surface area contributed by atoms with Crippen molar-refractivity contribution in [3.8, 4) is 11.5 Å². The number of ether oxygens (including phenoxy) is 2. The number of rotatable bonds is 7. The van der Waals surface area contributed by atoms with Gasteiger partial charge in [0.2, 0.25) is 9.84 Å². The van der Waals surface area contributed by atoms with Crippen LogP contribution in [0.5, 0.6) is 11.5 Å². The molecule has 8 heteroatoms. The molecule has 0 radical (unpaired) electrons. The van der Waals surface area contributed by atoms with Crippen molar-refractivity contribution in [2.45, 2.75) is 36.5 Å². The maximum Gasteiger partial charge on any atom is 0.341 e. The molecule has 0 saturated carbocycles. The fourth-order valence-electron chi connectivity index (χ4n) is 3.00. The first kappa shape index (κ1) is 19.4. The van der Waals surface area contributed by atoms with E-state index >= 15 is 0 Å². The highest BCUT2D eigenvalue weighted by Crippen LogP contribution is 2.41. The molecule has 0 unspecified atom stereocenters. The first-order valence-electron chi connectivity index (χ1n) is 8.49. The average molecular weight is 397 g/mol. The number of halogens is 2. The molecule has 3 rings (SSSR count). The van der Waals surface area contributed by atoms with Gasteiger partial charge in [-0.15, -0.1) is 0 Å². The summed E-state index contributed by atoms with van der Waals surface area (Å²) >= 11 is 0. The van der Waals surface area contributed by atoms with Crippen LogP contribution in [0.25, 0.3) is 0 Å². The van der Waals surface area contributed by atoms with Crippen molar-refractivity contribution in [2.24, 2.45) is 0 Å². The molecule has 0 bridgehead atoms. The fourth-order valence-corrected chi connectivity index (χ4v) is 3.91. The summed E-state index contributed by atoms with van der Waals surface area (Å²) in [5, 5.41) is 2.85. The Balaban J connectivity index is 1.64. The monoisotopic (exact) mass is 397 g/mol. The van der Waals surface area contributed by atoms with Crippen molar-refractivity contribution in [1.29, 1.82) is 0 Å². The number of benzene rings is 2. The summed E-state index contributed by atoms with van der Waals surface area (Å²) in [6.07, 6.45) is 0.788. The summed E-state index contributed by atoms with van der Waals surface area (Å²) in [6, 6.07) is 11.3. The number of fused-ring (bicyclic) bond motifs is 1. The number of sulfone groups is 1. The second kappa shape index (κ2) is 7.34. The standard InChI is InChI=1S/C19H21F2NO4S/c1-19(2)12-13-6-5-8-15(17(13)26-19)25-11-10-22-14-7-3-4-9-16(14)27(23,24)18(20)21/h3-9,18,22H,10-12H2,1-2H3. The van der Waals surface area contributed by atoms with E-state index < -0.39 is 20.5 Å². The molecule has 1 heterocycles. The first-order chi connectivity index (χ1) is 12.7. The lowest BCUT2D eigenvalue weighted by molar-refractivity contribution is 0.132. The SMILES string of the molecule is CC1(C)Cc2cccc(OCCNc3ccccc3S(=O)(=O)C(F)F)c2O1. The number of hydrogen-bond acceptors (Lipinski definition) is 5. The zero-order valence-corrected chi connectivity index (χ0v) is 15.9. The van der Waals surface area contributed by atoms with Gasteiger partial charge in [0.15, 0.2) is 11.5 Å². The maximum absolute atomic E-state index is 12.8. The highest BCUT2D eigenvalue weighted by Gasteiger charge is 2.32. The third kappa shape index (κ3) is 4.16. The summed E-state index contributed by atoms with van der Waals surface area (Å²) in [5.41, 5.74) is 0.902. The number of hydrogen-bond donors (Lipinski definition) is 1. The molecule has 5 nitrogen and oxygen atoms in total. The van der Waals surface area contributed by atoms with E-state index in [1.165, 1.54) is 12.1 Å². The van der Waals surface area contributed by atoms with Crippen molar-refractivity contribution in [3.63, 3.8) is 0 Å². The lowest BCUT2D eigenvalue weighted by Crippen LogP contribution is -2.24. The second-order valence-electron chi connectivity index (χ2n) is 6.86. The van der Waals surface area contributed by atoms with Crippen LogP contribution in [0.1, 0.15) is 19.4 Å². The maximum atomic E-state index is 12.8. The molecule has 0 amide bonds. The predicted octanol–water partition coefficient (Wildman–Crippen LogP) is 3.89. The highest BCUT2D eigenvalue weighted by molar-refractivity contribution is 7.91. The molecule has 1 aliphatic rings. The Morgan fingerprint density at radius 1 is 1.19 bits per heavy atom. The van der Waals surface area contributed by atoms with E-state index in [9.17, 15) is 17.2 Å². The molecule has 1 N–H and O–H groups in total. The number of alkyl halides is 2. The number of para-hydroxylation sites is 2. The van der Waals surface area contributed by atoms with Crippen LogP contribution in [0.3, 0.4) is 0 Å². The lowest BCUT2D eigenvalue weighted by Gasteiger charge is -2.18. The van der Waals surface area contributed by atoms with Crippen LogP contribution in [0.15, 0.2) is 47.4 Å². The van der Waals surface area contributed by atoms with Crippen LogP contribution in [0.4, 0.5) is 14.5 Å². The van der Waals surface area contributed by atoms with E-state index in [0.717, 1.165) is 18.1 Å². The smallest absolute Gasteiger partial charge is 0.341 e. The Morgan fingerprint density at radius 3 is 2.67 bits per heavy atom. The largest absolute Gasteiger partial charge is 0.488 e. The third-order valence-electron chi connectivity index (χ3n) is 4.16. The van der Waals surface area contributed by atoms with Gasteiger partial charge in [0.25, 0.3) is 0 Å². The number of anilines is 1. The molecule has 2 aromatic rings. The third-order valence-corrected chi connectivity index (χ3v) is 5.60. The zero-order chi connectivity index (χ0) is 19.7. The van der Waals surface area contributed by atoms with E-state index in [0.29, 0.717) is 11.5 Å². The van der Waals surface area contributed by atoms with E-state index in [-0.39, 0.29) is 24.4 Å². The molecule has 0 fully saturated rings. The second-order valence-corrected chi connectivity index (χ2v) is 8.75. The van der Waals surface area contributed by atoms with Gasteiger partial charge in [-0.3, -0.25) is 0 Å². The summed E-state index contributed by atoms with van der Waals surface area (Å²) in [4.78, 5) is -0.425. The Labute approximate surface area is 157 Å². The van der Waals surface area contributed by atoms with Gasteiger partial charge >= 0.3 is 5.76 Å². The first-order valence-corrected chi connectivity index (χ1v) is 10.0. The summed E-state index contributed by atoms with van der Waals surface area (Å²) < 4.78 is 60.8. The minimum absolute atomic E-state index is 0.122. The van der Waals surface area contributed by atoms with Gasteiger partial charge < -0.3 is 14.8 Å². The van der Waals surface area contributed by atoms with Crippen LogP contribution in [-0.4, -0.2) is 32.9 Å². The van der Waals surface area contributed by atoms with E-state index in [1.54, 1.807) is 12.1 Å². The minimum atomic E-state index is -4.67. The van der Waals surface area contributed by atoms with Crippen molar-refractivity contribution in [2.75, 3.05) is 18.5 Å². The van der Waals surface area contributed by atoms with Crippen molar-refractivity contribution >= 4 is 15.5 Å². The highest BCUT2D eigenvalue weighted by atomic mass is 32.2. The van der Waals surface area contributed by atoms with Crippen molar-refractivity contribution < 1.29 is 26.7 Å². The Hall–Kier alpha value is -2.35. The average Bonchev–Trinajstić information content (AvgIpc) is 2.93. The van der Waals surface area contributed by atoms with Gasteiger partial charge in [-0.1, -0.05) is 24.3 Å². The van der Waals surface area contributed by atoms with E-state index in [4.69, 9.17) is 9.47 Å². The summed E-state index contributed by atoms with van der Waals surface area (Å²) in [5.74, 6) is -2.15. The van der Waals surface area contributed by atoms with Gasteiger partial charge in [0, 0.05) is 18.5 Å². The molecule has 27 heavy (non-hydrogen) atoms.